The molecular formula is C36H30. The molecular weight excluding hydrogens is 432 g/mol. The standard InChI is InChI=1S/C36H30/c1-36(2,3)27-19-17-26(18-20-27)29-22-24-35(33-16-10-8-14-31(29)33)34-23-21-28(25-11-5-4-6-12-25)30-13-7-9-15-32(30)34/h4-24H,1-3H3. The molecule has 0 saturated carbocycles. The zero-order chi connectivity index (χ0) is 24.7. The quantitative estimate of drug-likeness (QED) is 0.245. The fraction of sp³-hybridized carbons (Fsp3) is 0.111. The van der Waals surface area contributed by atoms with Crippen molar-refractivity contribution < 1.29 is 0 Å². The van der Waals surface area contributed by atoms with Crippen LogP contribution in [0.25, 0.3) is 54.9 Å². The average Bonchev–Trinajstić information content (AvgIpc) is 2.92. The Labute approximate surface area is 213 Å². The van der Waals surface area contributed by atoms with E-state index in [0.717, 1.165) is 0 Å². The van der Waals surface area contributed by atoms with Gasteiger partial charge in [-0.2, -0.15) is 0 Å². The first kappa shape index (κ1) is 22.3. The lowest BCUT2D eigenvalue weighted by Crippen LogP contribution is -2.10. The van der Waals surface area contributed by atoms with Crippen molar-refractivity contribution >= 4 is 21.5 Å². The molecule has 0 bridgehead atoms. The van der Waals surface area contributed by atoms with E-state index < -0.39 is 0 Å². The normalized spacial score (nSPS) is 11.8. The van der Waals surface area contributed by atoms with Gasteiger partial charge in [-0.05, 0) is 65.9 Å². The average molecular weight is 463 g/mol. The van der Waals surface area contributed by atoms with Crippen molar-refractivity contribution in [3.05, 3.63) is 133 Å². The van der Waals surface area contributed by atoms with Crippen molar-refractivity contribution in [2.45, 2.75) is 26.2 Å². The summed E-state index contributed by atoms with van der Waals surface area (Å²) in [5.41, 5.74) is 9.12. The molecule has 6 rings (SSSR count). The van der Waals surface area contributed by atoms with Gasteiger partial charge in [-0.3, -0.25) is 0 Å². The van der Waals surface area contributed by atoms with E-state index in [0.29, 0.717) is 0 Å². The van der Waals surface area contributed by atoms with Crippen molar-refractivity contribution in [3.8, 4) is 33.4 Å². The fourth-order valence-corrected chi connectivity index (χ4v) is 5.34. The SMILES string of the molecule is CC(C)(C)c1ccc(-c2ccc(-c3ccc(-c4ccccc4)c4ccccc34)c3ccccc23)cc1. The molecule has 6 aromatic rings. The summed E-state index contributed by atoms with van der Waals surface area (Å²) in [7, 11) is 0. The summed E-state index contributed by atoms with van der Waals surface area (Å²) in [6, 6.07) is 46.5. The van der Waals surface area contributed by atoms with E-state index in [-0.39, 0.29) is 5.41 Å². The van der Waals surface area contributed by atoms with Crippen molar-refractivity contribution in [2.24, 2.45) is 0 Å². The Morgan fingerprint density at radius 2 is 0.694 bits per heavy atom. The highest BCUT2D eigenvalue weighted by Crippen LogP contribution is 2.41. The first-order valence-corrected chi connectivity index (χ1v) is 12.7. The molecule has 174 valence electrons. The van der Waals surface area contributed by atoms with Gasteiger partial charge in [0.15, 0.2) is 0 Å². The van der Waals surface area contributed by atoms with Gasteiger partial charge in [-0.15, -0.1) is 0 Å². The van der Waals surface area contributed by atoms with E-state index in [2.05, 4.69) is 148 Å². The maximum absolute atomic E-state index is 2.30. The van der Waals surface area contributed by atoms with Crippen LogP contribution in [0.3, 0.4) is 0 Å². The lowest BCUT2D eigenvalue weighted by Gasteiger charge is -2.20. The Kier molecular flexibility index (Phi) is 5.46. The van der Waals surface area contributed by atoms with Crippen LogP contribution in [0.2, 0.25) is 0 Å². The van der Waals surface area contributed by atoms with Gasteiger partial charge in [0.1, 0.15) is 0 Å². The monoisotopic (exact) mass is 462 g/mol. The lowest BCUT2D eigenvalue weighted by atomic mass is 9.85. The molecule has 0 nitrogen and oxygen atoms in total. The van der Waals surface area contributed by atoms with E-state index in [1.165, 1.54) is 60.5 Å². The molecule has 0 heterocycles. The summed E-state index contributed by atoms with van der Waals surface area (Å²) < 4.78 is 0. The third-order valence-electron chi connectivity index (χ3n) is 7.29. The van der Waals surface area contributed by atoms with Gasteiger partial charge in [-0.1, -0.05) is 148 Å². The van der Waals surface area contributed by atoms with E-state index >= 15 is 0 Å². The topological polar surface area (TPSA) is 0 Å². The maximum Gasteiger partial charge on any atom is -0.00987 e. The summed E-state index contributed by atoms with van der Waals surface area (Å²) in [5.74, 6) is 0. The Balaban J connectivity index is 1.54. The van der Waals surface area contributed by atoms with E-state index in [1.54, 1.807) is 0 Å². The molecule has 0 aliphatic heterocycles. The first-order valence-electron chi connectivity index (χ1n) is 12.7. The van der Waals surface area contributed by atoms with Crippen LogP contribution >= 0.6 is 0 Å². The van der Waals surface area contributed by atoms with Crippen molar-refractivity contribution in [2.75, 3.05) is 0 Å². The molecule has 0 aliphatic rings. The van der Waals surface area contributed by atoms with Crippen LogP contribution in [0.15, 0.2) is 127 Å². The molecule has 0 aromatic heterocycles. The predicted octanol–water partition coefficient (Wildman–Crippen LogP) is 10.3. The van der Waals surface area contributed by atoms with Crippen LogP contribution in [0.5, 0.6) is 0 Å². The van der Waals surface area contributed by atoms with Gasteiger partial charge in [0.05, 0.1) is 0 Å². The third-order valence-corrected chi connectivity index (χ3v) is 7.29. The van der Waals surface area contributed by atoms with Crippen LogP contribution in [0.1, 0.15) is 26.3 Å². The predicted molar refractivity (Wildman–Crippen MR) is 156 cm³/mol. The molecule has 36 heavy (non-hydrogen) atoms. The summed E-state index contributed by atoms with van der Waals surface area (Å²) in [4.78, 5) is 0. The fourth-order valence-electron chi connectivity index (χ4n) is 5.34. The molecule has 0 saturated heterocycles. The Morgan fingerprint density at radius 3 is 1.14 bits per heavy atom. The second-order valence-electron chi connectivity index (χ2n) is 10.6. The molecule has 0 atom stereocenters. The minimum Gasteiger partial charge on any atom is -0.0622 e. The first-order chi connectivity index (χ1) is 17.5. The van der Waals surface area contributed by atoms with Crippen LogP contribution in [0, 0.1) is 0 Å². The van der Waals surface area contributed by atoms with Crippen molar-refractivity contribution in [1.82, 2.24) is 0 Å². The van der Waals surface area contributed by atoms with Gasteiger partial charge in [-0.25, -0.2) is 0 Å². The zero-order valence-electron chi connectivity index (χ0n) is 21.1. The molecule has 0 unspecified atom stereocenters. The summed E-state index contributed by atoms with van der Waals surface area (Å²) in [6.45, 7) is 6.79. The van der Waals surface area contributed by atoms with Crippen molar-refractivity contribution in [3.63, 3.8) is 0 Å². The highest BCUT2D eigenvalue weighted by molar-refractivity contribution is 6.12. The third kappa shape index (κ3) is 3.89. The molecule has 0 N–H and O–H groups in total. The minimum atomic E-state index is 0.150. The second-order valence-corrected chi connectivity index (χ2v) is 10.6. The number of rotatable bonds is 3. The van der Waals surface area contributed by atoms with Crippen molar-refractivity contribution in [1.29, 1.82) is 0 Å². The van der Waals surface area contributed by atoms with Gasteiger partial charge >= 0.3 is 0 Å². The summed E-state index contributed by atoms with van der Waals surface area (Å²) in [5, 5.41) is 5.14. The number of hydrogen-bond acceptors (Lipinski definition) is 0. The highest BCUT2D eigenvalue weighted by atomic mass is 14.2. The molecule has 0 radical (unpaired) electrons. The van der Waals surface area contributed by atoms with Gasteiger partial charge in [0.25, 0.3) is 0 Å². The Hall–Kier alpha value is -4.16. The smallest absolute Gasteiger partial charge is 0.00987 e. The van der Waals surface area contributed by atoms with Gasteiger partial charge in [0, 0.05) is 0 Å². The van der Waals surface area contributed by atoms with Crippen LogP contribution in [0.4, 0.5) is 0 Å². The maximum atomic E-state index is 2.30. The zero-order valence-corrected chi connectivity index (χ0v) is 21.1. The molecule has 0 fully saturated rings. The summed E-state index contributed by atoms with van der Waals surface area (Å²) >= 11 is 0. The second kappa shape index (κ2) is 8.81. The molecule has 0 heteroatoms. The number of hydrogen-bond donors (Lipinski definition) is 0. The lowest BCUT2D eigenvalue weighted by molar-refractivity contribution is 0.590. The molecule has 0 amide bonds. The molecule has 6 aromatic carbocycles. The van der Waals surface area contributed by atoms with Crippen LogP contribution in [-0.2, 0) is 5.41 Å². The van der Waals surface area contributed by atoms with Gasteiger partial charge < -0.3 is 0 Å². The number of fused-ring (bicyclic) bond motifs is 2. The van der Waals surface area contributed by atoms with E-state index in [9.17, 15) is 0 Å². The number of benzene rings is 6. The largest absolute Gasteiger partial charge is 0.0622 e. The Bertz CT molecular complexity index is 1680. The summed E-state index contributed by atoms with van der Waals surface area (Å²) in [6.07, 6.45) is 0. The van der Waals surface area contributed by atoms with Crippen LogP contribution < -0.4 is 0 Å². The van der Waals surface area contributed by atoms with Gasteiger partial charge in [0.2, 0.25) is 0 Å². The highest BCUT2D eigenvalue weighted by Gasteiger charge is 2.16. The molecule has 0 aliphatic carbocycles. The van der Waals surface area contributed by atoms with E-state index in [4.69, 9.17) is 0 Å². The van der Waals surface area contributed by atoms with E-state index in [1.807, 2.05) is 0 Å². The Morgan fingerprint density at radius 1 is 0.333 bits per heavy atom. The molecule has 0 spiro atoms. The minimum absolute atomic E-state index is 0.150. The van der Waals surface area contributed by atoms with Crippen LogP contribution in [-0.4, -0.2) is 0 Å².